The predicted molar refractivity (Wildman–Crippen MR) is 71.8 cm³/mol. The monoisotopic (exact) mass is 231 g/mol. The Hall–Kier alpha value is -1.35. The molecule has 1 aromatic carbocycles. The number of rotatable bonds is 4. The minimum absolute atomic E-state index is 0.193. The number of benzene rings is 1. The summed E-state index contributed by atoms with van der Waals surface area (Å²) < 4.78 is 1.94. The topological polar surface area (TPSA) is 43.8 Å². The summed E-state index contributed by atoms with van der Waals surface area (Å²) in [5.74, 6) is 0.538. The molecule has 2 atom stereocenters. The average Bonchev–Trinajstić information content (AvgIpc) is 2.66. The maximum absolute atomic E-state index is 6.21. The van der Waals surface area contributed by atoms with Crippen LogP contribution in [0.3, 0.4) is 0 Å². The normalized spacial score (nSPS) is 15.1. The van der Waals surface area contributed by atoms with Crippen LogP contribution in [-0.2, 0) is 13.5 Å². The van der Waals surface area contributed by atoms with Crippen molar-refractivity contribution in [3.05, 3.63) is 30.0 Å². The van der Waals surface area contributed by atoms with E-state index in [0.717, 1.165) is 18.5 Å². The summed E-state index contributed by atoms with van der Waals surface area (Å²) in [5, 5.41) is 5.81. The molecule has 0 aliphatic rings. The molecule has 0 spiro atoms. The molecule has 0 fully saturated rings. The van der Waals surface area contributed by atoms with E-state index in [2.05, 4.69) is 37.1 Å². The van der Waals surface area contributed by atoms with Gasteiger partial charge < -0.3 is 5.73 Å². The molecule has 0 aliphatic heterocycles. The summed E-state index contributed by atoms with van der Waals surface area (Å²) >= 11 is 0. The van der Waals surface area contributed by atoms with Crippen molar-refractivity contribution in [1.29, 1.82) is 0 Å². The van der Waals surface area contributed by atoms with E-state index in [1.54, 1.807) is 0 Å². The zero-order valence-electron chi connectivity index (χ0n) is 10.9. The van der Waals surface area contributed by atoms with Gasteiger partial charge in [-0.3, -0.25) is 4.68 Å². The third kappa shape index (κ3) is 2.34. The van der Waals surface area contributed by atoms with E-state index in [1.807, 2.05) is 17.8 Å². The second-order valence-electron chi connectivity index (χ2n) is 4.84. The van der Waals surface area contributed by atoms with Crippen molar-refractivity contribution < 1.29 is 0 Å². The quantitative estimate of drug-likeness (QED) is 0.878. The van der Waals surface area contributed by atoms with E-state index in [1.165, 1.54) is 10.9 Å². The van der Waals surface area contributed by atoms with Gasteiger partial charge >= 0.3 is 0 Å². The Bertz CT molecular complexity index is 501. The SMILES string of the molecule is CCC(C)C(N)Cc1nn(C)c2ccccc12. The number of hydrogen-bond donors (Lipinski definition) is 1. The number of aryl methyl sites for hydroxylation is 1. The van der Waals surface area contributed by atoms with Crippen LogP contribution in [0, 0.1) is 5.92 Å². The van der Waals surface area contributed by atoms with Crippen LogP contribution in [-0.4, -0.2) is 15.8 Å². The molecule has 2 unspecified atom stereocenters. The van der Waals surface area contributed by atoms with Crippen LogP contribution in [0.15, 0.2) is 24.3 Å². The minimum atomic E-state index is 0.193. The minimum Gasteiger partial charge on any atom is -0.327 e. The van der Waals surface area contributed by atoms with Crippen molar-refractivity contribution in [2.75, 3.05) is 0 Å². The first kappa shape index (κ1) is 12.1. The number of nitrogens with zero attached hydrogens (tertiary/aromatic N) is 2. The van der Waals surface area contributed by atoms with Crippen LogP contribution >= 0.6 is 0 Å². The lowest BCUT2D eigenvalue weighted by atomic mass is 9.95. The fraction of sp³-hybridized carbons (Fsp3) is 0.500. The Labute approximate surface area is 103 Å². The molecule has 92 valence electrons. The van der Waals surface area contributed by atoms with Crippen molar-refractivity contribution in [1.82, 2.24) is 9.78 Å². The van der Waals surface area contributed by atoms with Crippen molar-refractivity contribution in [3.63, 3.8) is 0 Å². The van der Waals surface area contributed by atoms with Gasteiger partial charge in [0.1, 0.15) is 0 Å². The fourth-order valence-electron chi connectivity index (χ4n) is 2.17. The van der Waals surface area contributed by atoms with Crippen molar-refractivity contribution in [2.45, 2.75) is 32.7 Å². The Morgan fingerprint density at radius 1 is 1.35 bits per heavy atom. The van der Waals surface area contributed by atoms with Crippen LogP contribution in [0.5, 0.6) is 0 Å². The highest BCUT2D eigenvalue weighted by molar-refractivity contribution is 5.81. The van der Waals surface area contributed by atoms with Gasteiger partial charge in [-0.25, -0.2) is 0 Å². The Morgan fingerprint density at radius 3 is 2.76 bits per heavy atom. The molecule has 3 nitrogen and oxygen atoms in total. The maximum atomic E-state index is 6.21. The summed E-state index contributed by atoms with van der Waals surface area (Å²) in [6, 6.07) is 8.52. The standard InChI is InChI=1S/C14H21N3/c1-4-10(2)12(15)9-13-11-7-5-6-8-14(11)17(3)16-13/h5-8,10,12H,4,9,15H2,1-3H3. The molecule has 1 heterocycles. The lowest BCUT2D eigenvalue weighted by Crippen LogP contribution is -2.30. The van der Waals surface area contributed by atoms with Crippen LogP contribution in [0.1, 0.15) is 26.0 Å². The number of fused-ring (bicyclic) bond motifs is 1. The molecule has 17 heavy (non-hydrogen) atoms. The molecule has 0 saturated carbocycles. The molecule has 0 radical (unpaired) electrons. The van der Waals surface area contributed by atoms with E-state index >= 15 is 0 Å². The van der Waals surface area contributed by atoms with E-state index in [4.69, 9.17) is 5.73 Å². The average molecular weight is 231 g/mol. The van der Waals surface area contributed by atoms with Gasteiger partial charge in [0, 0.05) is 24.9 Å². The largest absolute Gasteiger partial charge is 0.327 e. The second kappa shape index (κ2) is 4.88. The summed E-state index contributed by atoms with van der Waals surface area (Å²) in [5.41, 5.74) is 8.51. The molecule has 0 bridgehead atoms. The van der Waals surface area contributed by atoms with Gasteiger partial charge in [-0.05, 0) is 12.0 Å². The van der Waals surface area contributed by atoms with Gasteiger partial charge in [0.25, 0.3) is 0 Å². The van der Waals surface area contributed by atoms with E-state index in [0.29, 0.717) is 5.92 Å². The van der Waals surface area contributed by atoms with Crippen molar-refractivity contribution in [3.8, 4) is 0 Å². The van der Waals surface area contributed by atoms with Gasteiger partial charge in [-0.15, -0.1) is 0 Å². The molecule has 1 aromatic heterocycles. The first-order valence-corrected chi connectivity index (χ1v) is 6.29. The lowest BCUT2D eigenvalue weighted by Gasteiger charge is -2.16. The van der Waals surface area contributed by atoms with Gasteiger partial charge in [0.15, 0.2) is 0 Å². The van der Waals surface area contributed by atoms with Crippen molar-refractivity contribution >= 4 is 10.9 Å². The highest BCUT2D eigenvalue weighted by atomic mass is 15.3. The molecule has 0 aliphatic carbocycles. The van der Waals surface area contributed by atoms with Crippen LogP contribution in [0.4, 0.5) is 0 Å². The van der Waals surface area contributed by atoms with Gasteiger partial charge in [0.05, 0.1) is 11.2 Å². The van der Waals surface area contributed by atoms with Gasteiger partial charge in [-0.2, -0.15) is 5.10 Å². The third-order valence-corrected chi connectivity index (χ3v) is 3.64. The Kier molecular flexibility index (Phi) is 3.48. The number of hydrogen-bond acceptors (Lipinski definition) is 2. The summed E-state index contributed by atoms with van der Waals surface area (Å²) in [4.78, 5) is 0. The number of nitrogens with two attached hydrogens (primary N) is 1. The maximum Gasteiger partial charge on any atom is 0.0718 e. The summed E-state index contributed by atoms with van der Waals surface area (Å²) in [7, 11) is 1.99. The van der Waals surface area contributed by atoms with Gasteiger partial charge in [-0.1, -0.05) is 38.5 Å². The molecule has 2 N–H and O–H groups in total. The third-order valence-electron chi connectivity index (χ3n) is 3.64. The van der Waals surface area contributed by atoms with Gasteiger partial charge in [0.2, 0.25) is 0 Å². The first-order valence-electron chi connectivity index (χ1n) is 6.29. The van der Waals surface area contributed by atoms with Crippen LogP contribution in [0.25, 0.3) is 10.9 Å². The zero-order valence-corrected chi connectivity index (χ0v) is 10.9. The predicted octanol–water partition coefficient (Wildman–Crippen LogP) is 2.49. The van der Waals surface area contributed by atoms with E-state index < -0.39 is 0 Å². The summed E-state index contributed by atoms with van der Waals surface area (Å²) in [6.45, 7) is 4.39. The molecule has 2 aromatic rings. The van der Waals surface area contributed by atoms with Crippen molar-refractivity contribution in [2.24, 2.45) is 18.7 Å². The van der Waals surface area contributed by atoms with E-state index in [-0.39, 0.29) is 6.04 Å². The molecule has 2 rings (SSSR count). The number of aromatic nitrogens is 2. The fourth-order valence-corrected chi connectivity index (χ4v) is 2.17. The Morgan fingerprint density at radius 2 is 2.06 bits per heavy atom. The number of para-hydroxylation sites is 1. The molecule has 3 heteroatoms. The van der Waals surface area contributed by atoms with Crippen LogP contribution < -0.4 is 5.73 Å². The highest BCUT2D eigenvalue weighted by Crippen LogP contribution is 2.20. The molecular weight excluding hydrogens is 210 g/mol. The molecule has 0 saturated heterocycles. The van der Waals surface area contributed by atoms with E-state index in [9.17, 15) is 0 Å². The second-order valence-corrected chi connectivity index (χ2v) is 4.84. The molecular formula is C14H21N3. The van der Waals surface area contributed by atoms with Crippen LogP contribution in [0.2, 0.25) is 0 Å². The highest BCUT2D eigenvalue weighted by Gasteiger charge is 2.15. The lowest BCUT2D eigenvalue weighted by molar-refractivity contribution is 0.437. The smallest absolute Gasteiger partial charge is 0.0718 e. The molecule has 0 amide bonds. The summed E-state index contributed by atoms with van der Waals surface area (Å²) in [6.07, 6.45) is 1.97. The Balaban J connectivity index is 2.30. The first-order chi connectivity index (χ1) is 8.13. The zero-order chi connectivity index (χ0) is 12.4.